The van der Waals surface area contributed by atoms with Crippen molar-refractivity contribution in [3.63, 3.8) is 0 Å². The molecule has 0 saturated carbocycles. The van der Waals surface area contributed by atoms with E-state index in [2.05, 4.69) is 57.6 Å². The molecule has 2 aromatic heterocycles. The lowest BCUT2D eigenvalue weighted by molar-refractivity contribution is -0.118. The van der Waals surface area contributed by atoms with E-state index in [1.165, 1.54) is 11.8 Å². The summed E-state index contributed by atoms with van der Waals surface area (Å²) in [6, 6.07) is 19.2. The SMILES string of the molecule is O=C(CSc1nnc(-c2ccncc2)n1-c1ccc(Br)cc1)N/N=C/c1ccccc1Br. The lowest BCUT2D eigenvalue weighted by atomic mass is 10.2. The highest BCUT2D eigenvalue weighted by atomic mass is 79.9. The molecule has 0 aliphatic heterocycles. The maximum atomic E-state index is 12.3. The molecule has 0 atom stereocenters. The van der Waals surface area contributed by atoms with Gasteiger partial charge in [-0.3, -0.25) is 14.3 Å². The van der Waals surface area contributed by atoms with E-state index in [1.807, 2.05) is 65.2 Å². The molecule has 1 N–H and O–H groups in total. The first-order valence-corrected chi connectivity index (χ1v) is 12.0. The summed E-state index contributed by atoms with van der Waals surface area (Å²) in [5, 5.41) is 13.3. The van der Waals surface area contributed by atoms with Gasteiger partial charge < -0.3 is 0 Å². The zero-order valence-corrected chi connectivity index (χ0v) is 20.5. The van der Waals surface area contributed by atoms with Crippen LogP contribution in [0, 0.1) is 0 Å². The molecule has 0 radical (unpaired) electrons. The molecule has 0 fully saturated rings. The Morgan fingerprint density at radius 2 is 1.78 bits per heavy atom. The van der Waals surface area contributed by atoms with E-state index in [0.29, 0.717) is 11.0 Å². The fraction of sp³-hybridized carbons (Fsp3) is 0.0455. The van der Waals surface area contributed by atoms with E-state index in [1.54, 1.807) is 18.6 Å². The molecule has 4 aromatic rings. The third kappa shape index (κ3) is 5.50. The van der Waals surface area contributed by atoms with Gasteiger partial charge in [0.15, 0.2) is 11.0 Å². The van der Waals surface area contributed by atoms with Crippen molar-refractivity contribution < 1.29 is 4.79 Å². The first-order chi connectivity index (χ1) is 15.6. The summed E-state index contributed by atoms with van der Waals surface area (Å²) in [5.41, 5.74) is 5.19. The van der Waals surface area contributed by atoms with Gasteiger partial charge in [0.2, 0.25) is 0 Å². The summed E-state index contributed by atoms with van der Waals surface area (Å²) in [5.74, 6) is 0.567. The van der Waals surface area contributed by atoms with Gasteiger partial charge in [0.05, 0.1) is 12.0 Å². The van der Waals surface area contributed by atoms with Gasteiger partial charge in [0.25, 0.3) is 5.91 Å². The van der Waals surface area contributed by atoms with Gasteiger partial charge in [-0.15, -0.1) is 10.2 Å². The summed E-state index contributed by atoms with van der Waals surface area (Å²) < 4.78 is 3.79. The summed E-state index contributed by atoms with van der Waals surface area (Å²) in [7, 11) is 0. The van der Waals surface area contributed by atoms with E-state index < -0.39 is 0 Å². The maximum Gasteiger partial charge on any atom is 0.250 e. The van der Waals surface area contributed by atoms with Crippen molar-refractivity contribution in [3.8, 4) is 17.1 Å². The predicted molar refractivity (Wildman–Crippen MR) is 133 cm³/mol. The van der Waals surface area contributed by atoms with Gasteiger partial charge in [0.1, 0.15) is 0 Å². The quantitative estimate of drug-likeness (QED) is 0.189. The number of hydrogen-bond acceptors (Lipinski definition) is 6. The van der Waals surface area contributed by atoms with E-state index in [-0.39, 0.29) is 11.7 Å². The number of pyridine rings is 1. The van der Waals surface area contributed by atoms with Crippen molar-refractivity contribution in [2.45, 2.75) is 5.16 Å². The third-order valence-electron chi connectivity index (χ3n) is 4.29. The number of benzene rings is 2. The molecular weight excluding hydrogens is 556 g/mol. The van der Waals surface area contributed by atoms with Gasteiger partial charge in [0, 0.05) is 38.2 Å². The van der Waals surface area contributed by atoms with E-state index in [0.717, 1.165) is 25.8 Å². The summed E-state index contributed by atoms with van der Waals surface area (Å²) >= 11 is 8.20. The highest BCUT2D eigenvalue weighted by molar-refractivity contribution is 9.10. The van der Waals surface area contributed by atoms with Crippen LogP contribution in [0.4, 0.5) is 0 Å². The predicted octanol–water partition coefficient (Wildman–Crippen LogP) is 5.10. The Morgan fingerprint density at radius 1 is 1.03 bits per heavy atom. The zero-order chi connectivity index (χ0) is 22.3. The lowest BCUT2D eigenvalue weighted by Crippen LogP contribution is -2.20. The van der Waals surface area contributed by atoms with Gasteiger partial charge in [-0.1, -0.05) is 61.8 Å². The van der Waals surface area contributed by atoms with Crippen LogP contribution in [-0.2, 0) is 4.79 Å². The minimum Gasteiger partial charge on any atom is -0.272 e. The number of amides is 1. The molecule has 160 valence electrons. The van der Waals surface area contributed by atoms with Crippen molar-refractivity contribution in [1.82, 2.24) is 25.2 Å². The molecule has 7 nitrogen and oxygen atoms in total. The second kappa shape index (κ2) is 10.7. The van der Waals surface area contributed by atoms with E-state index >= 15 is 0 Å². The number of halogens is 2. The lowest BCUT2D eigenvalue weighted by Gasteiger charge is -2.10. The monoisotopic (exact) mass is 570 g/mol. The Labute approximate surface area is 205 Å². The Hall–Kier alpha value is -2.82. The smallest absolute Gasteiger partial charge is 0.250 e. The molecule has 10 heteroatoms. The van der Waals surface area contributed by atoms with E-state index in [4.69, 9.17) is 0 Å². The number of aromatic nitrogens is 4. The van der Waals surface area contributed by atoms with Crippen LogP contribution in [0.1, 0.15) is 5.56 Å². The van der Waals surface area contributed by atoms with Crippen molar-refractivity contribution in [1.29, 1.82) is 0 Å². The summed E-state index contributed by atoms with van der Waals surface area (Å²) in [6.07, 6.45) is 5.01. The first-order valence-electron chi connectivity index (χ1n) is 9.43. The minimum atomic E-state index is -0.242. The van der Waals surface area contributed by atoms with Crippen LogP contribution < -0.4 is 5.43 Å². The Balaban J connectivity index is 1.51. The van der Waals surface area contributed by atoms with Crippen LogP contribution in [0.25, 0.3) is 17.1 Å². The number of rotatable bonds is 7. The second-order valence-electron chi connectivity index (χ2n) is 6.46. The molecule has 2 heterocycles. The average molecular weight is 572 g/mol. The molecule has 4 rings (SSSR count). The largest absolute Gasteiger partial charge is 0.272 e. The highest BCUT2D eigenvalue weighted by Crippen LogP contribution is 2.28. The molecule has 0 spiro atoms. The Kier molecular flexibility index (Phi) is 7.46. The van der Waals surface area contributed by atoms with Gasteiger partial charge in [-0.2, -0.15) is 5.10 Å². The molecule has 0 aliphatic carbocycles. The molecule has 2 aromatic carbocycles. The fourth-order valence-electron chi connectivity index (χ4n) is 2.79. The Bertz CT molecular complexity index is 1250. The van der Waals surface area contributed by atoms with Crippen LogP contribution in [-0.4, -0.2) is 37.6 Å². The van der Waals surface area contributed by atoms with Gasteiger partial charge in [-0.05, 0) is 42.5 Å². The van der Waals surface area contributed by atoms with Gasteiger partial charge in [-0.25, -0.2) is 5.43 Å². The number of nitrogens with one attached hydrogen (secondary N) is 1. The number of thioether (sulfide) groups is 1. The molecule has 1 amide bonds. The molecular formula is C22H16Br2N6OS. The van der Waals surface area contributed by atoms with Crippen LogP contribution in [0.15, 0.2) is 92.3 Å². The standard InChI is InChI=1S/C22H16Br2N6OS/c23-17-5-7-18(8-6-17)30-21(15-9-11-25-12-10-15)28-29-22(30)32-14-20(31)27-26-13-16-3-1-2-4-19(16)24/h1-13H,14H2,(H,27,31)/b26-13+. The average Bonchev–Trinajstić information content (AvgIpc) is 3.24. The van der Waals surface area contributed by atoms with Crippen molar-refractivity contribution in [2.75, 3.05) is 5.75 Å². The third-order valence-corrected chi connectivity index (χ3v) is 6.47. The highest BCUT2D eigenvalue weighted by Gasteiger charge is 2.17. The number of hydrazone groups is 1. The van der Waals surface area contributed by atoms with Crippen LogP contribution in [0.2, 0.25) is 0 Å². The maximum absolute atomic E-state index is 12.3. The number of carbonyl (C=O) groups is 1. The fourth-order valence-corrected chi connectivity index (χ4v) is 4.19. The van der Waals surface area contributed by atoms with Crippen molar-refractivity contribution in [2.24, 2.45) is 5.10 Å². The molecule has 0 unspecified atom stereocenters. The molecule has 0 aliphatic rings. The number of carbonyl (C=O) groups excluding carboxylic acids is 1. The van der Waals surface area contributed by atoms with Crippen molar-refractivity contribution >= 4 is 55.7 Å². The number of hydrogen-bond donors (Lipinski definition) is 1. The van der Waals surface area contributed by atoms with Gasteiger partial charge >= 0.3 is 0 Å². The van der Waals surface area contributed by atoms with Crippen LogP contribution in [0.5, 0.6) is 0 Å². The Morgan fingerprint density at radius 3 is 2.53 bits per heavy atom. The summed E-state index contributed by atoms with van der Waals surface area (Å²) in [6.45, 7) is 0. The first kappa shape index (κ1) is 22.4. The molecule has 0 bridgehead atoms. The van der Waals surface area contributed by atoms with Crippen LogP contribution >= 0.6 is 43.6 Å². The molecule has 0 saturated heterocycles. The minimum absolute atomic E-state index is 0.137. The van der Waals surface area contributed by atoms with Crippen LogP contribution in [0.3, 0.4) is 0 Å². The van der Waals surface area contributed by atoms with E-state index in [9.17, 15) is 4.79 Å². The normalized spacial score (nSPS) is 11.1. The summed E-state index contributed by atoms with van der Waals surface area (Å²) in [4.78, 5) is 16.4. The second-order valence-corrected chi connectivity index (χ2v) is 9.17. The molecule has 32 heavy (non-hydrogen) atoms. The van der Waals surface area contributed by atoms with Crippen molar-refractivity contribution in [3.05, 3.63) is 87.6 Å². The topological polar surface area (TPSA) is 85.1 Å². The number of nitrogens with zero attached hydrogens (tertiary/aromatic N) is 5. The zero-order valence-electron chi connectivity index (χ0n) is 16.5.